The Bertz CT molecular complexity index is 414. The van der Waals surface area contributed by atoms with Crippen molar-refractivity contribution in [1.29, 1.82) is 0 Å². The van der Waals surface area contributed by atoms with E-state index >= 15 is 0 Å². The van der Waals surface area contributed by atoms with Crippen LogP contribution >= 0.6 is 0 Å². The van der Waals surface area contributed by atoms with Crippen molar-refractivity contribution in [2.75, 3.05) is 13.7 Å². The minimum Gasteiger partial charge on any atom is -0.497 e. The van der Waals surface area contributed by atoms with Gasteiger partial charge in [-0.25, -0.2) is 0 Å². The number of benzene rings is 1. The van der Waals surface area contributed by atoms with E-state index in [1.165, 1.54) is 0 Å². The van der Waals surface area contributed by atoms with E-state index in [0.717, 1.165) is 25.2 Å². The summed E-state index contributed by atoms with van der Waals surface area (Å²) in [5.74, 6) is 0.698. The molecule has 1 atom stereocenters. The van der Waals surface area contributed by atoms with Crippen molar-refractivity contribution in [2.45, 2.75) is 18.9 Å². The largest absolute Gasteiger partial charge is 0.497 e. The molecule has 1 unspecified atom stereocenters. The molecule has 1 heterocycles. The summed E-state index contributed by atoms with van der Waals surface area (Å²) in [5, 5.41) is 0. The Kier molecular flexibility index (Phi) is 3.59. The molecule has 0 aliphatic carbocycles. The number of rotatable bonds is 4. The molecule has 3 heteroatoms. The van der Waals surface area contributed by atoms with Crippen LogP contribution in [0.1, 0.15) is 23.2 Å². The first-order valence-corrected chi connectivity index (χ1v) is 5.71. The molecule has 1 aromatic carbocycles. The maximum absolute atomic E-state index is 12.1. The highest BCUT2D eigenvalue weighted by Crippen LogP contribution is 2.22. The van der Waals surface area contributed by atoms with Crippen molar-refractivity contribution >= 4 is 5.78 Å². The minimum absolute atomic E-state index is 0.0421. The average Bonchev–Trinajstić information content (AvgIpc) is 2.91. The molecule has 0 saturated carbocycles. The fourth-order valence-corrected chi connectivity index (χ4v) is 1.93. The van der Waals surface area contributed by atoms with Gasteiger partial charge in [0, 0.05) is 17.7 Å². The maximum atomic E-state index is 12.1. The molecule has 1 aliphatic rings. The zero-order valence-electron chi connectivity index (χ0n) is 9.94. The molecule has 1 saturated heterocycles. The van der Waals surface area contributed by atoms with E-state index in [0.29, 0.717) is 11.1 Å². The van der Waals surface area contributed by atoms with Crippen molar-refractivity contribution in [3.8, 4) is 5.75 Å². The third-order valence-electron chi connectivity index (χ3n) is 2.96. The van der Waals surface area contributed by atoms with E-state index in [1.807, 2.05) is 0 Å². The molecule has 90 valence electrons. The quantitative estimate of drug-likeness (QED) is 0.591. The normalized spacial score (nSPS) is 19.0. The van der Waals surface area contributed by atoms with Crippen LogP contribution in [0.5, 0.6) is 5.75 Å². The second kappa shape index (κ2) is 5.15. The van der Waals surface area contributed by atoms with Gasteiger partial charge < -0.3 is 9.47 Å². The molecule has 17 heavy (non-hydrogen) atoms. The molecule has 0 bridgehead atoms. The number of hydrogen-bond acceptors (Lipinski definition) is 3. The van der Waals surface area contributed by atoms with Gasteiger partial charge in [0.15, 0.2) is 5.78 Å². The molecular formula is C14H16O3. The van der Waals surface area contributed by atoms with Gasteiger partial charge in [-0.1, -0.05) is 6.58 Å². The highest BCUT2D eigenvalue weighted by atomic mass is 16.5. The maximum Gasteiger partial charge on any atom is 0.191 e. The lowest BCUT2D eigenvalue weighted by Gasteiger charge is -2.12. The molecule has 1 aromatic rings. The van der Waals surface area contributed by atoms with E-state index in [9.17, 15) is 4.79 Å². The number of carbonyl (C=O) groups is 1. The van der Waals surface area contributed by atoms with E-state index in [2.05, 4.69) is 6.58 Å². The number of hydrogen-bond donors (Lipinski definition) is 0. The van der Waals surface area contributed by atoms with Gasteiger partial charge in [-0.3, -0.25) is 4.79 Å². The Morgan fingerprint density at radius 3 is 2.65 bits per heavy atom. The predicted octanol–water partition coefficient (Wildman–Crippen LogP) is 2.61. The third kappa shape index (κ3) is 2.56. The van der Waals surface area contributed by atoms with Crippen LogP contribution < -0.4 is 4.74 Å². The number of methoxy groups -OCH3 is 1. The average molecular weight is 232 g/mol. The van der Waals surface area contributed by atoms with Crippen LogP contribution in [0, 0.1) is 0 Å². The Morgan fingerprint density at radius 1 is 1.41 bits per heavy atom. The first-order valence-electron chi connectivity index (χ1n) is 5.71. The van der Waals surface area contributed by atoms with E-state index in [4.69, 9.17) is 9.47 Å². The van der Waals surface area contributed by atoms with Crippen molar-refractivity contribution in [2.24, 2.45) is 0 Å². The summed E-state index contributed by atoms with van der Waals surface area (Å²) < 4.78 is 10.5. The van der Waals surface area contributed by atoms with Crippen molar-refractivity contribution < 1.29 is 14.3 Å². The number of ether oxygens (including phenoxy) is 2. The Labute approximate surface area is 101 Å². The molecule has 3 nitrogen and oxygen atoms in total. The summed E-state index contributed by atoms with van der Waals surface area (Å²) in [7, 11) is 1.60. The zero-order chi connectivity index (χ0) is 12.3. The smallest absolute Gasteiger partial charge is 0.191 e. The molecule has 0 aromatic heterocycles. The van der Waals surface area contributed by atoms with Crippen LogP contribution in [0.25, 0.3) is 0 Å². The van der Waals surface area contributed by atoms with Crippen LogP contribution in [0.15, 0.2) is 36.4 Å². The van der Waals surface area contributed by atoms with Gasteiger partial charge in [0.1, 0.15) is 5.75 Å². The van der Waals surface area contributed by atoms with Gasteiger partial charge in [-0.05, 0) is 37.1 Å². The topological polar surface area (TPSA) is 35.5 Å². The lowest BCUT2D eigenvalue weighted by atomic mass is 9.99. The van der Waals surface area contributed by atoms with Crippen molar-refractivity contribution in [3.05, 3.63) is 42.0 Å². The highest BCUT2D eigenvalue weighted by molar-refractivity contribution is 6.09. The third-order valence-corrected chi connectivity index (χ3v) is 2.96. The standard InChI is InChI=1S/C14H16O3/c1-10(13-4-3-9-17-13)14(15)11-5-7-12(16-2)8-6-11/h5-8,13H,1,3-4,9H2,2H3. The Balaban J connectivity index is 2.10. The highest BCUT2D eigenvalue weighted by Gasteiger charge is 2.24. The van der Waals surface area contributed by atoms with Gasteiger partial charge in [0.2, 0.25) is 0 Å². The van der Waals surface area contributed by atoms with Crippen molar-refractivity contribution in [3.63, 3.8) is 0 Å². The van der Waals surface area contributed by atoms with Crippen LogP contribution in [-0.2, 0) is 4.74 Å². The van der Waals surface area contributed by atoms with Crippen LogP contribution in [0.2, 0.25) is 0 Å². The van der Waals surface area contributed by atoms with Gasteiger partial charge in [0.05, 0.1) is 13.2 Å². The summed E-state index contributed by atoms with van der Waals surface area (Å²) in [5.41, 5.74) is 1.18. The fraction of sp³-hybridized carbons (Fsp3) is 0.357. The number of carbonyl (C=O) groups excluding carboxylic acids is 1. The fourth-order valence-electron chi connectivity index (χ4n) is 1.93. The van der Waals surface area contributed by atoms with Gasteiger partial charge in [-0.2, -0.15) is 0 Å². The van der Waals surface area contributed by atoms with Gasteiger partial charge in [0.25, 0.3) is 0 Å². The van der Waals surface area contributed by atoms with Crippen LogP contribution in [-0.4, -0.2) is 25.6 Å². The molecule has 2 rings (SSSR count). The monoisotopic (exact) mass is 232 g/mol. The minimum atomic E-state index is -0.107. The lowest BCUT2D eigenvalue weighted by molar-refractivity contribution is 0.0943. The lowest BCUT2D eigenvalue weighted by Crippen LogP contribution is -2.16. The first-order chi connectivity index (χ1) is 8.22. The second-order valence-corrected chi connectivity index (χ2v) is 4.08. The predicted molar refractivity (Wildman–Crippen MR) is 65.4 cm³/mol. The van der Waals surface area contributed by atoms with Gasteiger partial charge in [-0.15, -0.1) is 0 Å². The first kappa shape index (κ1) is 11.9. The number of ketones is 1. The van der Waals surface area contributed by atoms with Crippen molar-refractivity contribution in [1.82, 2.24) is 0 Å². The van der Waals surface area contributed by atoms with Gasteiger partial charge >= 0.3 is 0 Å². The Hall–Kier alpha value is -1.61. The summed E-state index contributed by atoms with van der Waals surface area (Å²) in [6.45, 7) is 4.57. The SMILES string of the molecule is C=C(C(=O)c1ccc(OC)cc1)C1CCCO1. The van der Waals surface area contributed by atoms with Crippen LogP contribution in [0.4, 0.5) is 0 Å². The molecule has 0 spiro atoms. The summed E-state index contributed by atoms with van der Waals surface area (Å²) in [6, 6.07) is 7.05. The molecule has 1 fully saturated rings. The second-order valence-electron chi connectivity index (χ2n) is 4.08. The van der Waals surface area contributed by atoms with E-state index in [1.54, 1.807) is 31.4 Å². The molecule has 0 amide bonds. The molecule has 0 radical (unpaired) electrons. The summed E-state index contributed by atoms with van der Waals surface area (Å²) >= 11 is 0. The molecular weight excluding hydrogens is 216 g/mol. The number of Topliss-reactive ketones (excluding diaryl/α,β-unsaturated/α-hetero) is 1. The Morgan fingerprint density at radius 2 is 2.12 bits per heavy atom. The summed E-state index contributed by atoms with van der Waals surface area (Å²) in [6.07, 6.45) is 1.78. The summed E-state index contributed by atoms with van der Waals surface area (Å²) in [4.78, 5) is 12.1. The van der Waals surface area contributed by atoms with Crippen LogP contribution in [0.3, 0.4) is 0 Å². The zero-order valence-corrected chi connectivity index (χ0v) is 9.94. The molecule has 0 N–H and O–H groups in total. The van der Waals surface area contributed by atoms with E-state index in [-0.39, 0.29) is 11.9 Å². The molecule has 1 aliphatic heterocycles. The van der Waals surface area contributed by atoms with E-state index < -0.39 is 0 Å².